The van der Waals surface area contributed by atoms with Crippen molar-refractivity contribution in [3.8, 4) is 0 Å². The molecule has 0 aliphatic rings. The van der Waals surface area contributed by atoms with Gasteiger partial charge in [0, 0.05) is 19.3 Å². The van der Waals surface area contributed by atoms with Gasteiger partial charge in [0.15, 0.2) is 0 Å². The Morgan fingerprint density at radius 2 is 2.36 bits per heavy atom. The first-order valence-corrected chi connectivity index (χ1v) is 5.39. The molecule has 0 aliphatic heterocycles. The maximum Gasteiger partial charge on any atom is 0.140 e. The molecule has 0 bridgehead atoms. The van der Waals surface area contributed by atoms with Gasteiger partial charge in [-0.2, -0.15) is 0 Å². The number of aliphatic hydroxyl groups excluding tert-OH is 1. The Balaban J connectivity index is 2.59. The van der Waals surface area contributed by atoms with Crippen molar-refractivity contribution < 1.29 is 5.11 Å². The lowest BCUT2D eigenvalue weighted by Crippen LogP contribution is -2.15. The fourth-order valence-corrected chi connectivity index (χ4v) is 1.60. The second kappa shape index (κ2) is 5.32. The fraction of sp³-hybridized carbons (Fsp3) is 0.500. The van der Waals surface area contributed by atoms with Gasteiger partial charge in [0.05, 0.1) is 4.47 Å². The molecule has 4 heteroatoms. The summed E-state index contributed by atoms with van der Waals surface area (Å²) < 4.78 is 0.961. The predicted molar refractivity (Wildman–Crippen MR) is 61.4 cm³/mol. The summed E-state index contributed by atoms with van der Waals surface area (Å²) in [4.78, 5) is 4.24. The van der Waals surface area contributed by atoms with E-state index in [1.165, 1.54) is 0 Å². The normalized spacial score (nSPS) is 12.6. The zero-order valence-electron chi connectivity index (χ0n) is 8.42. The van der Waals surface area contributed by atoms with Crippen LogP contribution >= 0.6 is 15.9 Å². The van der Waals surface area contributed by atoms with Crippen molar-refractivity contribution in [2.24, 2.45) is 5.92 Å². The number of hydrogen-bond donors (Lipinski definition) is 2. The van der Waals surface area contributed by atoms with Crippen LogP contribution in [0.4, 0.5) is 5.82 Å². The van der Waals surface area contributed by atoms with E-state index in [9.17, 15) is 0 Å². The quantitative estimate of drug-likeness (QED) is 0.871. The number of pyridine rings is 1. The number of halogens is 1. The highest BCUT2D eigenvalue weighted by Crippen LogP contribution is 2.20. The minimum Gasteiger partial charge on any atom is -0.396 e. The summed E-state index contributed by atoms with van der Waals surface area (Å²) in [5, 5.41) is 12.0. The zero-order chi connectivity index (χ0) is 10.6. The van der Waals surface area contributed by atoms with Crippen molar-refractivity contribution in [2.45, 2.75) is 13.8 Å². The van der Waals surface area contributed by atoms with Crippen molar-refractivity contribution in [3.05, 3.63) is 22.3 Å². The van der Waals surface area contributed by atoms with E-state index in [-0.39, 0.29) is 12.5 Å². The largest absolute Gasteiger partial charge is 0.396 e. The lowest BCUT2D eigenvalue weighted by molar-refractivity contribution is 0.244. The lowest BCUT2D eigenvalue weighted by atomic mass is 10.2. The summed E-state index contributed by atoms with van der Waals surface area (Å²) in [6, 6.07) is 2.01. The Labute approximate surface area is 92.7 Å². The minimum atomic E-state index is 0.191. The summed E-state index contributed by atoms with van der Waals surface area (Å²) >= 11 is 3.43. The van der Waals surface area contributed by atoms with E-state index < -0.39 is 0 Å². The predicted octanol–water partition coefficient (Wildman–Crippen LogP) is 2.19. The third kappa shape index (κ3) is 3.27. The van der Waals surface area contributed by atoms with E-state index in [0.717, 1.165) is 22.4 Å². The third-order valence-electron chi connectivity index (χ3n) is 1.91. The zero-order valence-corrected chi connectivity index (χ0v) is 10.0. The number of rotatable bonds is 4. The first-order chi connectivity index (χ1) is 6.63. The van der Waals surface area contributed by atoms with Gasteiger partial charge in [-0.25, -0.2) is 4.98 Å². The Morgan fingerprint density at radius 1 is 1.64 bits per heavy atom. The maximum absolute atomic E-state index is 8.85. The summed E-state index contributed by atoms with van der Waals surface area (Å²) in [6.45, 7) is 4.90. The average molecular weight is 259 g/mol. The molecule has 1 aromatic rings. The Bertz CT molecular complexity index is 304. The van der Waals surface area contributed by atoms with Crippen molar-refractivity contribution in [1.29, 1.82) is 0 Å². The van der Waals surface area contributed by atoms with E-state index >= 15 is 0 Å². The van der Waals surface area contributed by atoms with Gasteiger partial charge in [0.25, 0.3) is 0 Å². The first kappa shape index (κ1) is 11.5. The molecular weight excluding hydrogens is 244 g/mol. The molecule has 1 aromatic heterocycles. The number of aryl methyl sites for hydroxylation is 1. The van der Waals surface area contributed by atoms with Crippen LogP contribution in [0.3, 0.4) is 0 Å². The molecule has 3 nitrogen and oxygen atoms in total. The van der Waals surface area contributed by atoms with E-state index in [0.29, 0.717) is 0 Å². The summed E-state index contributed by atoms with van der Waals surface area (Å²) in [5.41, 5.74) is 1.12. The lowest BCUT2D eigenvalue weighted by Gasteiger charge is -2.11. The molecule has 1 atom stereocenters. The van der Waals surface area contributed by atoms with Gasteiger partial charge in [-0.05, 0) is 40.4 Å². The number of hydrogen-bond acceptors (Lipinski definition) is 3. The monoisotopic (exact) mass is 258 g/mol. The topological polar surface area (TPSA) is 45.2 Å². The van der Waals surface area contributed by atoms with E-state index in [2.05, 4.69) is 26.2 Å². The summed E-state index contributed by atoms with van der Waals surface area (Å²) in [6.07, 6.45) is 1.82. The van der Waals surface area contributed by atoms with Gasteiger partial charge in [-0.3, -0.25) is 0 Å². The molecule has 1 heterocycles. The van der Waals surface area contributed by atoms with Crippen molar-refractivity contribution in [3.63, 3.8) is 0 Å². The molecule has 0 spiro atoms. The molecule has 0 radical (unpaired) electrons. The molecule has 2 N–H and O–H groups in total. The SMILES string of the molecule is Cc1cnc(NCC(C)CO)c(Br)c1. The third-order valence-corrected chi connectivity index (χ3v) is 2.51. The molecule has 1 unspecified atom stereocenters. The van der Waals surface area contributed by atoms with Gasteiger partial charge >= 0.3 is 0 Å². The van der Waals surface area contributed by atoms with Gasteiger partial charge in [0.1, 0.15) is 5.82 Å². The molecule has 0 fully saturated rings. The Morgan fingerprint density at radius 3 is 2.93 bits per heavy atom. The molecule has 0 aliphatic carbocycles. The van der Waals surface area contributed by atoms with Crippen molar-refractivity contribution in [1.82, 2.24) is 4.98 Å². The molecule has 78 valence electrons. The highest BCUT2D eigenvalue weighted by atomic mass is 79.9. The molecule has 0 saturated carbocycles. The van der Waals surface area contributed by atoms with E-state index in [1.54, 1.807) is 0 Å². The van der Waals surface area contributed by atoms with Gasteiger partial charge in [-0.15, -0.1) is 0 Å². The van der Waals surface area contributed by atoms with Gasteiger partial charge in [0.2, 0.25) is 0 Å². The fourth-order valence-electron chi connectivity index (χ4n) is 0.999. The highest BCUT2D eigenvalue weighted by Gasteiger charge is 2.03. The van der Waals surface area contributed by atoms with Crippen LogP contribution in [0.15, 0.2) is 16.7 Å². The van der Waals surface area contributed by atoms with Crippen LogP contribution in [0, 0.1) is 12.8 Å². The van der Waals surface area contributed by atoms with Crippen LogP contribution in [-0.2, 0) is 0 Å². The number of aliphatic hydroxyl groups is 1. The molecular formula is C10H15BrN2O. The number of anilines is 1. The smallest absolute Gasteiger partial charge is 0.140 e. The Hall–Kier alpha value is -0.610. The molecule has 0 amide bonds. The van der Waals surface area contributed by atoms with Crippen LogP contribution in [0.1, 0.15) is 12.5 Å². The number of aromatic nitrogens is 1. The van der Waals surface area contributed by atoms with E-state index in [1.807, 2.05) is 26.1 Å². The Kier molecular flexibility index (Phi) is 4.35. The minimum absolute atomic E-state index is 0.191. The highest BCUT2D eigenvalue weighted by molar-refractivity contribution is 9.10. The van der Waals surface area contributed by atoms with Crippen LogP contribution in [0.25, 0.3) is 0 Å². The standard InChI is InChI=1S/C10H15BrN2O/c1-7-3-9(11)10(12-4-7)13-5-8(2)6-14/h3-4,8,14H,5-6H2,1-2H3,(H,12,13). The summed E-state index contributed by atoms with van der Waals surface area (Å²) in [5.74, 6) is 1.07. The van der Waals surface area contributed by atoms with Crippen LogP contribution < -0.4 is 5.32 Å². The van der Waals surface area contributed by atoms with Crippen LogP contribution in [-0.4, -0.2) is 23.2 Å². The maximum atomic E-state index is 8.85. The second-order valence-electron chi connectivity index (χ2n) is 3.51. The van der Waals surface area contributed by atoms with Crippen LogP contribution in [0.2, 0.25) is 0 Å². The molecule has 0 aromatic carbocycles. The molecule has 1 rings (SSSR count). The van der Waals surface area contributed by atoms with Gasteiger partial charge < -0.3 is 10.4 Å². The summed E-state index contributed by atoms with van der Waals surface area (Å²) in [7, 11) is 0. The van der Waals surface area contributed by atoms with Crippen molar-refractivity contribution in [2.75, 3.05) is 18.5 Å². The van der Waals surface area contributed by atoms with Gasteiger partial charge in [-0.1, -0.05) is 6.92 Å². The van der Waals surface area contributed by atoms with Crippen LogP contribution in [0.5, 0.6) is 0 Å². The average Bonchev–Trinajstić information content (AvgIpc) is 2.16. The van der Waals surface area contributed by atoms with E-state index in [4.69, 9.17) is 5.11 Å². The number of nitrogens with one attached hydrogen (secondary N) is 1. The molecule has 14 heavy (non-hydrogen) atoms. The first-order valence-electron chi connectivity index (χ1n) is 4.60. The molecule has 0 saturated heterocycles. The second-order valence-corrected chi connectivity index (χ2v) is 4.37. The van der Waals surface area contributed by atoms with Crippen molar-refractivity contribution >= 4 is 21.7 Å². The number of nitrogens with zero attached hydrogens (tertiary/aromatic N) is 1.